The van der Waals surface area contributed by atoms with Crippen molar-refractivity contribution in [2.45, 2.75) is 51.6 Å². The number of hydrogen-bond donors (Lipinski definition) is 1. The average molecular weight is 208 g/mol. The van der Waals surface area contributed by atoms with E-state index < -0.39 is 0 Å². The fraction of sp³-hybridized carbons (Fsp3) is 0.818. The van der Waals surface area contributed by atoms with E-state index in [-0.39, 0.29) is 5.54 Å². The van der Waals surface area contributed by atoms with E-state index in [1.807, 2.05) is 4.68 Å². The first kappa shape index (κ1) is 10.6. The zero-order valence-corrected chi connectivity index (χ0v) is 9.61. The molecule has 84 valence electrons. The van der Waals surface area contributed by atoms with Gasteiger partial charge in [-0.2, -0.15) is 5.10 Å². The van der Waals surface area contributed by atoms with Gasteiger partial charge in [-0.25, -0.2) is 9.67 Å². The third kappa shape index (κ3) is 1.91. The maximum atomic E-state index is 6.44. The van der Waals surface area contributed by atoms with Crippen molar-refractivity contribution in [3.63, 3.8) is 0 Å². The summed E-state index contributed by atoms with van der Waals surface area (Å²) in [4.78, 5) is 4.33. The molecule has 1 aromatic rings. The number of nitrogens with zero attached hydrogens (tertiary/aromatic N) is 3. The summed E-state index contributed by atoms with van der Waals surface area (Å²) in [6, 6.07) is 0. The molecule has 1 saturated carbocycles. The fourth-order valence-corrected chi connectivity index (χ4v) is 2.38. The molecular weight excluding hydrogens is 188 g/mol. The Bertz CT molecular complexity index is 323. The first-order chi connectivity index (χ1) is 7.15. The molecule has 2 N–H and O–H groups in total. The SMILES string of the molecule is CCn1ncnc1C1(N)CCC(C)CC1. The van der Waals surface area contributed by atoms with E-state index in [2.05, 4.69) is 23.9 Å². The van der Waals surface area contributed by atoms with E-state index in [1.54, 1.807) is 6.33 Å². The molecular formula is C11H20N4. The van der Waals surface area contributed by atoms with Gasteiger partial charge >= 0.3 is 0 Å². The van der Waals surface area contributed by atoms with E-state index in [0.717, 1.165) is 31.1 Å². The Labute approximate surface area is 90.9 Å². The van der Waals surface area contributed by atoms with Crippen LogP contribution in [0.25, 0.3) is 0 Å². The van der Waals surface area contributed by atoms with Crippen LogP contribution < -0.4 is 5.73 Å². The largest absolute Gasteiger partial charge is 0.319 e. The smallest absolute Gasteiger partial charge is 0.146 e. The van der Waals surface area contributed by atoms with Crippen LogP contribution in [0.15, 0.2) is 6.33 Å². The molecule has 2 rings (SSSR count). The molecule has 0 saturated heterocycles. The van der Waals surface area contributed by atoms with Gasteiger partial charge in [0.1, 0.15) is 12.2 Å². The quantitative estimate of drug-likeness (QED) is 0.804. The first-order valence-electron chi connectivity index (χ1n) is 5.83. The van der Waals surface area contributed by atoms with Crippen LogP contribution in [-0.4, -0.2) is 14.8 Å². The van der Waals surface area contributed by atoms with E-state index in [9.17, 15) is 0 Å². The van der Waals surface area contributed by atoms with Crippen LogP contribution in [0.3, 0.4) is 0 Å². The molecule has 1 aliphatic carbocycles. The summed E-state index contributed by atoms with van der Waals surface area (Å²) in [7, 11) is 0. The second-order valence-corrected chi connectivity index (χ2v) is 4.74. The van der Waals surface area contributed by atoms with E-state index in [1.165, 1.54) is 12.8 Å². The Kier molecular flexibility index (Phi) is 2.78. The van der Waals surface area contributed by atoms with Crippen molar-refractivity contribution in [1.29, 1.82) is 0 Å². The lowest BCUT2D eigenvalue weighted by molar-refractivity contribution is 0.229. The molecule has 0 atom stereocenters. The predicted octanol–water partition coefficient (Wildman–Crippen LogP) is 1.66. The Morgan fingerprint density at radius 3 is 2.80 bits per heavy atom. The van der Waals surface area contributed by atoms with Gasteiger partial charge in [0.25, 0.3) is 0 Å². The van der Waals surface area contributed by atoms with E-state index in [0.29, 0.717) is 0 Å². The second-order valence-electron chi connectivity index (χ2n) is 4.74. The van der Waals surface area contributed by atoms with Crippen LogP contribution in [0.2, 0.25) is 0 Å². The van der Waals surface area contributed by atoms with Crippen LogP contribution in [0, 0.1) is 5.92 Å². The monoisotopic (exact) mass is 208 g/mol. The van der Waals surface area contributed by atoms with Crippen molar-refractivity contribution in [2.75, 3.05) is 0 Å². The molecule has 1 fully saturated rings. The summed E-state index contributed by atoms with van der Waals surface area (Å²) < 4.78 is 1.93. The minimum atomic E-state index is -0.237. The molecule has 1 heterocycles. The number of aromatic nitrogens is 3. The van der Waals surface area contributed by atoms with Crippen molar-refractivity contribution in [1.82, 2.24) is 14.8 Å². The minimum Gasteiger partial charge on any atom is -0.319 e. The van der Waals surface area contributed by atoms with Crippen LogP contribution >= 0.6 is 0 Å². The molecule has 0 radical (unpaired) electrons. The molecule has 0 aromatic carbocycles. The molecule has 0 spiro atoms. The molecule has 0 unspecified atom stereocenters. The number of rotatable bonds is 2. The standard InChI is InChI=1S/C11H20N4/c1-3-15-10(13-8-14-15)11(12)6-4-9(2)5-7-11/h8-9H,3-7,12H2,1-2H3. The molecule has 1 aliphatic rings. The molecule has 15 heavy (non-hydrogen) atoms. The molecule has 0 aliphatic heterocycles. The molecule has 4 nitrogen and oxygen atoms in total. The van der Waals surface area contributed by atoms with Gasteiger partial charge in [0.2, 0.25) is 0 Å². The van der Waals surface area contributed by atoms with Gasteiger partial charge in [0, 0.05) is 6.54 Å². The van der Waals surface area contributed by atoms with Gasteiger partial charge in [-0.05, 0) is 38.5 Å². The zero-order chi connectivity index (χ0) is 10.9. The van der Waals surface area contributed by atoms with Crippen LogP contribution in [0.5, 0.6) is 0 Å². The Balaban J connectivity index is 2.22. The van der Waals surface area contributed by atoms with Gasteiger partial charge in [-0.1, -0.05) is 6.92 Å². The molecule has 0 amide bonds. The third-order valence-electron chi connectivity index (χ3n) is 3.53. The summed E-state index contributed by atoms with van der Waals surface area (Å²) in [6.45, 7) is 5.22. The summed E-state index contributed by atoms with van der Waals surface area (Å²) >= 11 is 0. The lowest BCUT2D eigenvalue weighted by atomic mass is 9.77. The average Bonchev–Trinajstić information content (AvgIpc) is 2.71. The predicted molar refractivity (Wildman–Crippen MR) is 59.2 cm³/mol. The highest BCUT2D eigenvalue weighted by molar-refractivity contribution is 5.06. The maximum absolute atomic E-state index is 6.44. The van der Waals surface area contributed by atoms with Gasteiger partial charge < -0.3 is 5.73 Å². The molecule has 0 bridgehead atoms. The van der Waals surface area contributed by atoms with Crippen LogP contribution in [0.1, 0.15) is 45.4 Å². The minimum absolute atomic E-state index is 0.237. The number of aryl methyl sites for hydroxylation is 1. The summed E-state index contributed by atoms with van der Waals surface area (Å²) in [5, 5.41) is 4.20. The van der Waals surface area contributed by atoms with E-state index in [4.69, 9.17) is 5.73 Å². The van der Waals surface area contributed by atoms with E-state index >= 15 is 0 Å². The van der Waals surface area contributed by atoms with Crippen molar-refractivity contribution in [3.8, 4) is 0 Å². The highest BCUT2D eigenvalue weighted by atomic mass is 15.3. The Morgan fingerprint density at radius 1 is 1.53 bits per heavy atom. The van der Waals surface area contributed by atoms with Gasteiger partial charge in [0.15, 0.2) is 0 Å². The summed E-state index contributed by atoms with van der Waals surface area (Å²) in [5.74, 6) is 1.77. The van der Waals surface area contributed by atoms with Gasteiger partial charge in [-0.15, -0.1) is 0 Å². The van der Waals surface area contributed by atoms with Crippen molar-refractivity contribution in [3.05, 3.63) is 12.2 Å². The number of nitrogens with two attached hydrogens (primary N) is 1. The Morgan fingerprint density at radius 2 is 2.20 bits per heavy atom. The second kappa shape index (κ2) is 3.93. The topological polar surface area (TPSA) is 56.7 Å². The maximum Gasteiger partial charge on any atom is 0.146 e. The summed E-state index contributed by atoms with van der Waals surface area (Å²) in [5.41, 5.74) is 6.20. The fourth-order valence-electron chi connectivity index (χ4n) is 2.38. The zero-order valence-electron chi connectivity index (χ0n) is 9.61. The van der Waals surface area contributed by atoms with Crippen molar-refractivity contribution in [2.24, 2.45) is 11.7 Å². The lowest BCUT2D eigenvalue weighted by Gasteiger charge is -2.35. The lowest BCUT2D eigenvalue weighted by Crippen LogP contribution is -2.42. The van der Waals surface area contributed by atoms with Gasteiger partial charge in [-0.3, -0.25) is 0 Å². The molecule has 4 heteroatoms. The van der Waals surface area contributed by atoms with Crippen molar-refractivity contribution >= 4 is 0 Å². The highest BCUT2D eigenvalue weighted by Crippen LogP contribution is 2.36. The third-order valence-corrected chi connectivity index (χ3v) is 3.53. The summed E-state index contributed by atoms with van der Waals surface area (Å²) in [6.07, 6.45) is 6.09. The number of hydrogen-bond acceptors (Lipinski definition) is 3. The van der Waals surface area contributed by atoms with Crippen molar-refractivity contribution < 1.29 is 0 Å². The van der Waals surface area contributed by atoms with Crippen LogP contribution in [0.4, 0.5) is 0 Å². The first-order valence-corrected chi connectivity index (χ1v) is 5.83. The van der Waals surface area contributed by atoms with Gasteiger partial charge in [0.05, 0.1) is 5.54 Å². The Hall–Kier alpha value is -0.900. The molecule has 1 aromatic heterocycles. The highest BCUT2D eigenvalue weighted by Gasteiger charge is 2.35. The normalized spacial score (nSPS) is 31.8. The van der Waals surface area contributed by atoms with Crippen LogP contribution in [-0.2, 0) is 12.1 Å².